The van der Waals surface area contributed by atoms with Crippen LogP contribution in [0.25, 0.3) is 0 Å². The zero-order valence-electron chi connectivity index (χ0n) is 19.7. The first-order chi connectivity index (χ1) is 14.9. The molecule has 0 unspecified atom stereocenters. The lowest BCUT2D eigenvalue weighted by Gasteiger charge is -2.61. The molecular weight excluding hydrogens is 382 g/mol. The van der Waals surface area contributed by atoms with E-state index in [1.165, 1.54) is 56.2 Å². The van der Waals surface area contributed by atoms with Gasteiger partial charge < -0.3 is 10.5 Å². The lowest BCUT2D eigenvalue weighted by atomic mass is 9.44. The van der Waals surface area contributed by atoms with E-state index in [0.717, 1.165) is 43.1 Å². The van der Waals surface area contributed by atoms with Gasteiger partial charge in [0, 0.05) is 24.0 Å². The highest BCUT2D eigenvalue weighted by atomic mass is 16.3. The first-order valence-corrected chi connectivity index (χ1v) is 12.8. The summed E-state index contributed by atoms with van der Waals surface area (Å²) in [6, 6.07) is 4.10. The van der Waals surface area contributed by atoms with Crippen LogP contribution in [-0.2, 0) is 6.54 Å². The summed E-state index contributed by atoms with van der Waals surface area (Å²) in [4.78, 5) is 4.10. The summed E-state index contributed by atoms with van der Waals surface area (Å²) in [7, 11) is 0. The number of hydrogen-bond donors (Lipinski definition) is 2. The fourth-order valence-corrected chi connectivity index (χ4v) is 8.76. The molecule has 4 aliphatic carbocycles. The summed E-state index contributed by atoms with van der Waals surface area (Å²) < 4.78 is 0. The van der Waals surface area contributed by atoms with E-state index in [4.69, 9.17) is 5.10 Å². The zero-order valence-corrected chi connectivity index (χ0v) is 19.7. The second-order valence-corrected chi connectivity index (χ2v) is 11.7. The number of aliphatic hydroxyl groups is 1. The maximum Gasteiger partial charge on any atom is 0.0581 e. The fourth-order valence-electron chi connectivity index (χ4n) is 8.76. The first-order valence-electron chi connectivity index (χ1n) is 12.8. The van der Waals surface area contributed by atoms with Crippen molar-refractivity contribution in [2.45, 2.75) is 91.2 Å². The van der Waals surface area contributed by atoms with E-state index >= 15 is 0 Å². The molecule has 4 aliphatic rings. The van der Waals surface area contributed by atoms with Gasteiger partial charge >= 0.3 is 0 Å². The van der Waals surface area contributed by atoms with Crippen LogP contribution in [0.3, 0.4) is 0 Å². The predicted octanol–water partition coefficient (Wildman–Crippen LogP) is 5.57. The van der Waals surface area contributed by atoms with Crippen molar-refractivity contribution in [2.24, 2.45) is 45.5 Å². The summed E-state index contributed by atoms with van der Waals surface area (Å²) in [5.41, 5.74) is 6.74. The Labute approximate surface area is 188 Å². The van der Waals surface area contributed by atoms with Crippen LogP contribution in [0, 0.1) is 40.4 Å². The molecule has 0 saturated heterocycles. The van der Waals surface area contributed by atoms with Crippen molar-refractivity contribution < 1.29 is 5.11 Å². The highest BCUT2D eigenvalue weighted by Crippen LogP contribution is 2.67. The number of aliphatic hydroxyl groups excluding tert-OH is 1. The Bertz CT molecular complexity index is 810. The van der Waals surface area contributed by atoms with E-state index in [1.807, 2.05) is 24.5 Å². The van der Waals surface area contributed by atoms with Gasteiger partial charge in [0.1, 0.15) is 0 Å². The second-order valence-electron chi connectivity index (χ2n) is 11.7. The molecule has 4 fully saturated rings. The average Bonchev–Trinajstić information content (AvgIpc) is 3.12. The van der Waals surface area contributed by atoms with E-state index in [2.05, 4.69) is 31.2 Å². The van der Waals surface area contributed by atoms with Gasteiger partial charge in [0.25, 0.3) is 0 Å². The summed E-state index contributed by atoms with van der Waals surface area (Å²) in [6.07, 6.45) is 15.1. The smallest absolute Gasteiger partial charge is 0.0581 e. The van der Waals surface area contributed by atoms with Crippen LogP contribution in [-0.4, -0.2) is 21.9 Å². The van der Waals surface area contributed by atoms with Crippen molar-refractivity contribution in [1.29, 1.82) is 0 Å². The van der Waals surface area contributed by atoms with E-state index in [0.29, 0.717) is 16.7 Å². The minimum Gasteiger partial charge on any atom is -0.393 e. The van der Waals surface area contributed by atoms with E-state index in [9.17, 15) is 5.11 Å². The van der Waals surface area contributed by atoms with Gasteiger partial charge in [-0.05, 0) is 117 Å². The van der Waals surface area contributed by atoms with Crippen LogP contribution in [0.2, 0.25) is 0 Å². The Hall–Kier alpha value is -1.42. The largest absolute Gasteiger partial charge is 0.393 e. The molecule has 0 aromatic carbocycles. The Morgan fingerprint density at radius 1 is 1.03 bits per heavy atom. The van der Waals surface area contributed by atoms with Gasteiger partial charge in [0.05, 0.1) is 12.6 Å². The maximum atomic E-state index is 10.3. The number of hydrogen-bond acceptors (Lipinski definition) is 4. The van der Waals surface area contributed by atoms with Gasteiger partial charge in [-0.15, -0.1) is 0 Å². The molecule has 4 nitrogen and oxygen atoms in total. The molecule has 170 valence electrons. The Kier molecular flexibility index (Phi) is 5.65. The van der Waals surface area contributed by atoms with Crippen molar-refractivity contribution in [1.82, 2.24) is 10.4 Å². The van der Waals surface area contributed by atoms with Crippen molar-refractivity contribution in [3.8, 4) is 0 Å². The van der Waals surface area contributed by atoms with Crippen molar-refractivity contribution in [2.75, 3.05) is 0 Å². The number of pyridine rings is 1. The number of hydrazone groups is 1. The molecule has 4 saturated carbocycles. The Morgan fingerprint density at radius 3 is 2.58 bits per heavy atom. The number of fused-ring (bicyclic) bond motifs is 5. The van der Waals surface area contributed by atoms with Gasteiger partial charge in [-0.1, -0.05) is 13.8 Å². The SMILES string of the molecule is CC(=NNCc1ccncc1)[C@H]1CC[C@H]2[C@@H]3CC[C@H]4C[C@H](O)CC[C@]4(C)[C@H]3CC[C@]12C. The van der Waals surface area contributed by atoms with Gasteiger partial charge in [-0.25, -0.2) is 0 Å². The highest BCUT2D eigenvalue weighted by Gasteiger charge is 2.60. The highest BCUT2D eigenvalue weighted by molar-refractivity contribution is 5.85. The molecular formula is C27H41N3O. The average molecular weight is 424 g/mol. The van der Waals surface area contributed by atoms with E-state index < -0.39 is 0 Å². The Balaban J connectivity index is 1.29. The molecule has 5 rings (SSSR count). The van der Waals surface area contributed by atoms with Crippen LogP contribution in [0.5, 0.6) is 0 Å². The van der Waals surface area contributed by atoms with Gasteiger partial charge in [0.2, 0.25) is 0 Å². The van der Waals surface area contributed by atoms with Gasteiger partial charge in [-0.3, -0.25) is 4.98 Å². The van der Waals surface area contributed by atoms with E-state index in [-0.39, 0.29) is 6.10 Å². The second kappa shape index (κ2) is 8.17. The van der Waals surface area contributed by atoms with E-state index in [1.54, 1.807) is 0 Å². The normalized spacial score (nSPS) is 44.8. The molecule has 1 aromatic heterocycles. The quantitative estimate of drug-likeness (QED) is 0.492. The van der Waals surface area contributed by atoms with Crippen LogP contribution >= 0.6 is 0 Å². The number of aromatic nitrogens is 1. The minimum absolute atomic E-state index is 0.0437. The molecule has 0 aliphatic heterocycles. The molecule has 0 spiro atoms. The lowest BCUT2D eigenvalue weighted by Crippen LogP contribution is -2.54. The fraction of sp³-hybridized carbons (Fsp3) is 0.778. The number of nitrogens with one attached hydrogen (secondary N) is 1. The molecule has 1 aromatic rings. The Morgan fingerprint density at radius 2 is 1.77 bits per heavy atom. The molecule has 0 bridgehead atoms. The molecule has 4 heteroatoms. The van der Waals surface area contributed by atoms with Crippen molar-refractivity contribution >= 4 is 5.71 Å². The molecule has 0 radical (unpaired) electrons. The van der Waals surface area contributed by atoms with Gasteiger partial charge in [0.15, 0.2) is 0 Å². The third kappa shape index (κ3) is 3.63. The van der Waals surface area contributed by atoms with Crippen molar-refractivity contribution in [3.63, 3.8) is 0 Å². The predicted molar refractivity (Wildman–Crippen MR) is 125 cm³/mol. The number of rotatable bonds is 4. The zero-order chi connectivity index (χ0) is 21.6. The van der Waals surface area contributed by atoms with Crippen molar-refractivity contribution in [3.05, 3.63) is 30.1 Å². The van der Waals surface area contributed by atoms with Gasteiger partial charge in [-0.2, -0.15) is 5.10 Å². The summed E-state index contributed by atoms with van der Waals surface area (Å²) in [6.45, 7) is 8.20. The molecule has 8 atom stereocenters. The van der Waals surface area contributed by atoms with Crippen LogP contribution in [0.4, 0.5) is 0 Å². The summed E-state index contributed by atoms with van der Waals surface area (Å²) in [5.74, 6) is 3.98. The molecule has 2 N–H and O–H groups in total. The lowest BCUT2D eigenvalue weighted by molar-refractivity contribution is -0.123. The van der Waals surface area contributed by atoms with Crippen LogP contribution in [0.15, 0.2) is 29.6 Å². The molecule has 31 heavy (non-hydrogen) atoms. The summed E-state index contributed by atoms with van der Waals surface area (Å²) in [5, 5.41) is 15.1. The molecule has 1 heterocycles. The third-order valence-corrected chi connectivity index (χ3v) is 10.4. The number of nitrogens with zero attached hydrogens (tertiary/aromatic N) is 2. The maximum absolute atomic E-state index is 10.3. The standard InChI is InChI=1S/C27H41N3O/c1-18(30-29-17-19-10-14-28-15-11-19)23-6-7-24-22-5-4-20-16-21(31)8-12-26(20,2)25(22)9-13-27(23,24)3/h10-11,14-15,20-25,29,31H,4-9,12-13,16-17H2,1-3H3/t20-,21+,22-,23+,24-,25-,26-,27+/m0/s1. The van der Waals surface area contributed by atoms with Crippen LogP contribution in [0.1, 0.15) is 84.1 Å². The minimum atomic E-state index is -0.0437. The first kappa shape index (κ1) is 21.4. The topological polar surface area (TPSA) is 57.5 Å². The molecule has 0 amide bonds. The monoisotopic (exact) mass is 423 g/mol. The summed E-state index contributed by atoms with van der Waals surface area (Å²) >= 11 is 0. The van der Waals surface area contributed by atoms with Crippen LogP contribution < -0.4 is 5.43 Å². The third-order valence-electron chi connectivity index (χ3n) is 10.4.